The molecule has 21 heavy (non-hydrogen) atoms. The summed E-state index contributed by atoms with van der Waals surface area (Å²) >= 11 is 5.90. The molecule has 1 unspecified atom stereocenters. The SMILES string of the molecule is NC(Cc1ccc(F)cc1Cl)c1ccc(C(F)(F)F)cc1. The van der Waals surface area contributed by atoms with Crippen LogP contribution in [0.25, 0.3) is 0 Å². The number of rotatable bonds is 3. The fraction of sp³-hybridized carbons (Fsp3) is 0.200. The standard InChI is InChI=1S/C15H12ClF4N/c16-13-8-12(17)6-3-10(13)7-14(21)9-1-4-11(5-2-9)15(18,19)20/h1-6,8,14H,7,21H2. The summed E-state index contributed by atoms with van der Waals surface area (Å²) in [5, 5.41) is 0.248. The van der Waals surface area contributed by atoms with Crippen molar-refractivity contribution < 1.29 is 17.6 Å². The van der Waals surface area contributed by atoms with Gasteiger partial charge in [-0.1, -0.05) is 29.8 Å². The summed E-state index contributed by atoms with van der Waals surface area (Å²) in [6.07, 6.45) is -4.06. The first-order valence-electron chi connectivity index (χ1n) is 6.14. The van der Waals surface area contributed by atoms with Gasteiger partial charge in [-0.15, -0.1) is 0 Å². The average Bonchev–Trinajstić information content (AvgIpc) is 2.41. The van der Waals surface area contributed by atoms with E-state index in [1.54, 1.807) is 0 Å². The number of alkyl halides is 3. The van der Waals surface area contributed by atoms with Gasteiger partial charge < -0.3 is 5.73 Å². The number of nitrogens with two attached hydrogens (primary N) is 1. The lowest BCUT2D eigenvalue weighted by Crippen LogP contribution is -2.14. The second kappa shape index (κ2) is 6.03. The van der Waals surface area contributed by atoms with E-state index < -0.39 is 23.6 Å². The molecule has 2 aromatic rings. The largest absolute Gasteiger partial charge is 0.416 e. The molecule has 0 aromatic heterocycles. The van der Waals surface area contributed by atoms with Gasteiger partial charge >= 0.3 is 6.18 Å². The molecule has 1 nitrogen and oxygen atoms in total. The number of hydrogen-bond acceptors (Lipinski definition) is 1. The molecule has 1 atom stereocenters. The fourth-order valence-corrected chi connectivity index (χ4v) is 2.21. The molecule has 0 aliphatic heterocycles. The van der Waals surface area contributed by atoms with Crippen LogP contribution in [0.4, 0.5) is 17.6 Å². The molecule has 0 saturated carbocycles. The molecule has 0 amide bonds. The first kappa shape index (κ1) is 15.8. The van der Waals surface area contributed by atoms with Gasteiger partial charge in [-0.05, 0) is 41.8 Å². The third-order valence-corrected chi connectivity index (χ3v) is 3.47. The first-order chi connectivity index (χ1) is 9.77. The third-order valence-electron chi connectivity index (χ3n) is 3.12. The zero-order valence-corrected chi connectivity index (χ0v) is 11.5. The molecule has 2 rings (SSSR count). The molecule has 0 aliphatic rings. The Bertz CT molecular complexity index is 623. The van der Waals surface area contributed by atoms with Gasteiger partial charge in [-0.3, -0.25) is 0 Å². The van der Waals surface area contributed by atoms with Crippen molar-refractivity contribution in [1.29, 1.82) is 0 Å². The van der Waals surface area contributed by atoms with Crippen molar-refractivity contribution in [1.82, 2.24) is 0 Å². The average molecular weight is 318 g/mol. The summed E-state index contributed by atoms with van der Waals surface area (Å²) in [5.74, 6) is -0.452. The molecule has 2 aromatic carbocycles. The second-order valence-electron chi connectivity index (χ2n) is 4.67. The van der Waals surface area contributed by atoms with E-state index in [0.29, 0.717) is 17.5 Å². The molecule has 0 spiro atoms. The molecular formula is C15H12ClF4N. The highest BCUT2D eigenvalue weighted by Gasteiger charge is 2.30. The number of hydrogen-bond donors (Lipinski definition) is 1. The maximum atomic E-state index is 12.9. The van der Waals surface area contributed by atoms with Crippen molar-refractivity contribution in [3.8, 4) is 0 Å². The molecule has 0 radical (unpaired) electrons. The van der Waals surface area contributed by atoms with Crippen LogP contribution in [0.3, 0.4) is 0 Å². The molecule has 0 saturated heterocycles. The van der Waals surface area contributed by atoms with Crippen molar-refractivity contribution in [3.05, 3.63) is 70.0 Å². The summed E-state index contributed by atoms with van der Waals surface area (Å²) in [7, 11) is 0. The van der Waals surface area contributed by atoms with Crippen LogP contribution in [-0.2, 0) is 12.6 Å². The topological polar surface area (TPSA) is 26.0 Å². The van der Waals surface area contributed by atoms with Gasteiger partial charge in [0.2, 0.25) is 0 Å². The van der Waals surface area contributed by atoms with E-state index in [1.165, 1.54) is 30.3 Å². The minimum atomic E-state index is -4.37. The van der Waals surface area contributed by atoms with E-state index in [1.807, 2.05) is 0 Å². The van der Waals surface area contributed by atoms with Crippen molar-refractivity contribution >= 4 is 11.6 Å². The summed E-state index contributed by atoms with van der Waals surface area (Å²) in [5.41, 5.74) is 6.44. The van der Waals surface area contributed by atoms with E-state index in [2.05, 4.69) is 0 Å². The zero-order chi connectivity index (χ0) is 15.6. The Morgan fingerprint density at radius 2 is 1.67 bits per heavy atom. The monoisotopic (exact) mass is 317 g/mol. The van der Waals surface area contributed by atoms with E-state index in [4.69, 9.17) is 17.3 Å². The fourth-order valence-electron chi connectivity index (χ4n) is 1.96. The van der Waals surface area contributed by atoms with Crippen LogP contribution in [0.2, 0.25) is 5.02 Å². The van der Waals surface area contributed by atoms with Crippen LogP contribution in [0, 0.1) is 5.82 Å². The lowest BCUT2D eigenvalue weighted by Gasteiger charge is -2.14. The third kappa shape index (κ3) is 3.95. The van der Waals surface area contributed by atoms with Gasteiger partial charge in [0.15, 0.2) is 0 Å². The number of halogens is 5. The maximum absolute atomic E-state index is 12.9. The molecule has 6 heteroatoms. The Balaban J connectivity index is 2.15. The molecule has 0 bridgehead atoms. The van der Waals surface area contributed by atoms with Crippen molar-refractivity contribution in [2.75, 3.05) is 0 Å². The van der Waals surface area contributed by atoms with E-state index in [-0.39, 0.29) is 5.02 Å². The van der Waals surface area contributed by atoms with Crippen LogP contribution < -0.4 is 5.73 Å². The first-order valence-corrected chi connectivity index (χ1v) is 6.52. The Kier molecular flexibility index (Phi) is 4.54. The summed E-state index contributed by atoms with van der Waals surface area (Å²) in [4.78, 5) is 0. The molecule has 0 heterocycles. The van der Waals surface area contributed by atoms with E-state index in [0.717, 1.165) is 12.1 Å². The highest BCUT2D eigenvalue weighted by Crippen LogP contribution is 2.30. The maximum Gasteiger partial charge on any atom is 0.416 e. The van der Waals surface area contributed by atoms with Gasteiger partial charge in [-0.25, -0.2) is 4.39 Å². The highest BCUT2D eigenvalue weighted by molar-refractivity contribution is 6.31. The predicted molar refractivity (Wildman–Crippen MR) is 73.5 cm³/mol. The Hall–Kier alpha value is -1.59. The van der Waals surface area contributed by atoms with Gasteiger partial charge in [0.25, 0.3) is 0 Å². The van der Waals surface area contributed by atoms with E-state index in [9.17, 15) is 17.6 Å². The zero-order valence-electron chi connectivity index (χ0n) is 10.8. The Labute approximate surface area is 124 Å². The smallest absolute Gasteiger partial charge is 0.324 e. The van der Waals surface area contributed by atoms with Gasteiger partial charge in [0.1, 0.15) is 5.82 Å². The summed E-state index contributed by atoms with van der Waals surface area (Å²) < 4.78 is 50.4. The quantitative estimate of drug-likeness (QED) is 0.813. The molecule has 0 fully saturated rings. The van der Waals surface area contributed by atoms with Crippen molar-refractivity contribution in [3.63, 3.8) is 0 Å². The lowest BCUT2D eigenvalue weighted by atomic mass is 9.98. The molecule has 2 N–H and O–H groups in total. The van der Waals surface area contributed by atoms with Crippen LogP contribution >= 0.6 is 11.6 Å². The van der Waals surface area contributed by atoms with Gasteiger partial charge in [-0.2, -0.15) is 13.2 Å². The Morgan fingerprint density at radius 3 is 2.19 bits per heavy atom. The van der Waals surface area contributed by atoms with E-state index >= 15 is 0 Å². The minimum Gasteiger partial charge on any atom is -0.324 e. The highest BCUT2D eigenvalue weighted by atomic mass is 35.5. The normalized spacial score (nSPS) is 13.2. The van der Waals surface area contributed by atoms with Crippen LogP contribution in [0.1, 0.15) is 22.7 Å². The summed E-state index contributed by atoms with van der Waals surface area (Å²) in [6, 6.07) is 8.09. The van der Waals surface area contributed by atoms with Gasteiger partial charge in [0, 0.05) is 11.1 Å². The second-order valence-corrected chi connectivity index (χ2v) is 5.07. The van der Waals surface area contributed by atoms with Crippen molar-refractivity contribution in [2.24, 2.45) is 5.73 Å². The summed E-state index contributed by atoms with van der Waals surface area (Å²) in [6.45, 7) is 0. The van der Waals surface area contributed by atoms with Crippen LogP contribution in [0.15, 0.2) is 42.5 Å². The molecular weight excluding hydrogens is 306 g/mol. The van der Waals surface area contributed by atoms with Gasteiger partial charge in [0.05, 0.1) is 5.56 Å². The minimum absolute atomic E-state index is 0.248. The van der Waals surface area contributed by atoms with Crippen molar-refractivity contribution in [2.45, 2.75) is 18.6 Å². The number of benzene rings is 2. The van der Waals surface area contributed by atoms with Crippen LogP contribution in [-0.4, -0.2) is 0 Å². The molecule has 0 aliphatic carbocycles. The Morgan fingerprint density at radius 1 is 1.05 bits per heavy atom. The lowest BCUT2D eigenvalue weighted by molar-refractivity contribution is -0.137. The van der Waals surface area contributed by atoms with Crippen LogP contribution in [0.5, 0.6) is 0 Å². The molecule has 112 valence electrons. The predicted octanol–water partition coefficient (Wildman–Crippen LogP) is 4.74.